The van der Waals surface area contributed by atoms with E-state index in [4.69, 9.17) is 0 Å². The van der Waals surface area contributed by atoms with Gasteiger partial charge in [0.15, 0.2) is 0 Å². The van der Waals surface area contributed by atoms with Crippen molar-refractivity contribution >= 4 is 10.9 Å². The Morgan fingerprint density at radius 1 is 1.17 bits per heavy atom. The molecule has 1 heterocycles. The number of aromatic nitrogens is 1. The van der Waals surface area contributed by atoms with Gasteiger partial charge in [0, 0.05) is 23.7 Å². The molecule has 0 radical (unpaired) electrons. The number of rotatable bonds is 4. The summed E-state index contributed by atoms with van der Waals surface area (Å²) >= 11 is 0. The molecular weight excluding hydrogens is 220 g/mol. The molecule has 0 saturated carbocycles. The van der Waals surface area contributed by atoms with Crippen LogP contribution in [0.15, 0.2) is 30.3 Å². The van der Waals surface area contributed by atoms with Crippen LogP contribution >= 0.6 is 0 Å². The number of aryl methyl sites for hydroxylation is 1. The van der Waals surface area contributed by atoms with Crippen LogP contribution in [-0.2, 0) is 6.54 Å². The van der Waals surface area contributed by atoms with Crippen LogP contribution < -0.4 is 5.32 Å². The Hall–Kier alpha value is -1.41. The minimum absolute atomic E-state index is 0.525. The zero-order chi connectivity index (χ0) is 13.1. The van der Waals surface area contributed by atoms with Crippen LogP contribution in [0, 0.1) is 12.8 Å². The summed E-state index contributed by atoms with van der Waals surface area (Å²) in [6.45, 7) is 9.69. The molecule has 1 aromatic heterocycles. The second-order valence-electron chi connectivity index (χ2n) is 5.35. The Bertz CT molecular complexity index is 532. The summed E-state index contributed by atoms with van der Waals surface area (Å²) in [6.07, 6.45) is 0. The first-order valence-corrected chi connectivity index (χ1v) is 6.66. The third kappa shape index (κ3) is 2.88. The van der Waals surface area contributed by atoms with Crippen molar-refractivity contribution in [1.29, 1.82) is 0 Å². The molecule has 1 aromatic carbocycles. The van der Waals surface area contributed by atoms with E-state index in [1.807, 2.05) is 6.07 Å². The van der Waals surface area contributed by atoms with Crippen molar-refractivity contribution in [3.05, 3.63) is 41.6 Å². The lowest BCUT2D eigenvalue weighted by molar-refractivity contribution is 0.427. The SMILES string of the molecule is Cc1cc(CNC(C)C(C)C)c2ccccc2n1. The molecule has 1 unspecified atom stereocenters. The van der Waals surface area contributed by atoms with Gasteiger partial charge in [-0.1, -0.05) is 32.0 Å². The highest BCUT2D eigenvalue weighted by Crippen LogP contribution is 2.18. The molecule has 2 aromatic rings. The van der Waals surface area contributed by atoms with Crippen LogP contribution in [0.25, 0.3) is 10.9 Å². The monoisotopic (exact) mass is 242 g/mol. The van der Waals surface area contributed by atoms with Gasteiger partial charge in [-0.05, 0) is 37.5 Å². The lowest BCUT2D eigenvalue weighted by atomic mass is 10.0. The van der Waals surface area contributed by atoms with Crippen LogP contribution in [0.2, 0.25) is 0 Å². The van der Waals surface area contributed by atoms with Gasteiger partial charge in [-0.25, -0.2) is 0 Å². The number of para-hydroxylation sites is 1. The van der Waals surface area contributed by atoms with E-state index >= 15 is 0 Å². The summed E-state index contributed by atoms with van der Waals surface area (Å²) in [5.41, 5.74) is 3.51. The molecule has 0 fully saturated rings. The Morgan fingerprint density at radius 3 is 2.61 bits per heavy atom. The van der Waals surface area contributed by atoms with Gasteiger partial charge in [0.25, 0.3) is 0 Å². The molecule has 18 heavy (non-hydrogen) atoms. The maximum atomic E-state index is 4.57. The molecule has 0 aliphatic carbocycles. The number of benzene rings is 1. The highest BCUT2D eigenvalue weighted by molar-refractivity contribution is 5.82. The van der Waals surface area contributed by atoms with Crippen molar-refractivity contribution in [3.63, 3.8) is 0 Å². The molecule has 96 valence electrons. The second-order valence-corrected chi connectivity index (χ2v) is 5.35. The largest absolute Gasteiger partial charge is 0.310 e. The number of hydrogen-bond acceptors (Lipinski definition) is 2. The smallest absolute Gasteiger partial charge is 0.0708 e. The lowest BCUT2D eigenvalue weighted by Crippen LogP contribution is -2.30. The Kier molecular flexibility index (Phi) is 3.97. The van der Waals surface area contributed by atoms with Crippen molar-refractivity contribution in [2.75, 3.05) is 0 Å². The average molecular weight is 242 g/mol. The summed E-state index contributed by atoms with van der Waals surface area (Å²) in [5.74, 6) is 0.652. The van der Waals surface area contributed by atoms with Gasteiger partial charge < -0.3 is 5.32 Å². The van der Waals surface area contributed by atoms with Crippen LogP contribution in [-0.4, -0.2) is 11.0 Å². The van der Waals surface area contributed by atoms with Crippen LogP contribution in [0.4, 0.5) is 0 Å². The van der Waals surface area contributed by atoms with Crippen LogP contribution in [0.5, 0.6) is 0 Å². The fourth-order valence-electron chi connectivity index (χ4n) is 2.05. The lowest BCUT2D eigenvalue weighted by Gasteiger charge is -2.18. The molecule has 2 heteroatoms. The van der Waals surface area contributed by atoms with Crippen LogP contribution in [0.1, 0.15) is 32.0 Å². The first-order valence-electron chi connectivity index (χ1n) is 6.66. The van der Waals surface area contributed by atoms with Crippen molar-refractivity contribution in [3.8, 4) is 0 Å². The molecule has 0 aliphatic rings. The molecule has 0 saturated heterocycles. The van der Waals surface area contributed by atoms with Gasteiger partial charge >= 0.3 is 0 Å². The first-order chi connectivity index (χ1) is 8.58. The fourth-order valence-corrected chi connectivity index (χ4v) is 2.05. The molecule has 0 bridgehead atoms. The molecule has 2 rings (SSSR count). The fraction of sp³-hybridized carbons (Fsp3) is 0.438. The predicted molar refractivity (Wildman–Crippen MR) is 77.6 cm³/mol. The van der Waals surface area contributed by atoms with E-state index in [1.54, 1.807) is 0 Å². The normalized spacial score (nSPS) is 13.2. The van der Waals surface area contributed by atoms with Gasteiger partial charge in [0.1, 0.15) is 0 Å². The van der Waals surface area contributed by atoms with Crippen molar-refractivity contribution < 1.29 is 0 Å². The van der Waals surface area contributed by atoms with E-state index in [0.29, 0.717) is 12.0 Å². The second kappa shape index (κ2) is 5.49. The van der Waals surface area contributed by atoms with Crippen molar-refractivity contribution in [2.45, 2.75) is 40.3 Å². The number of pyridine rings is 1. The summed E-state index contributed by atoms with van der Waals surface area (Å²) in [6, 6.07) is 11.1. The topological polar surface area (TPSA) is 24.9 Å². The van der Waals surface area contributed by atoms with E-state index < -0.39 is 0 Å². The van der Waals surface area contributed by atoms with E-state index in [-0.39, 0.29) is 0 Å². The molecule has 1 N–H and O–H groups in total. The van der Waals surface area contributed by atoms with Gasteiger partial charge in [-0.3, -0.25) is 4.98 Å². The summed E-state index contributed by atoms with van der Waals surface area (Å²) < 4.78 is 0. The van der Waals surface area contributed by atoms with E-state index in [2.05, 4.69) is 62.3 Å². The standard InChI is InChI=1S/C16H22N2/c1-11(2)13(4)17-10-14-9-12(3)18-16-8-6-5-7-15(14)16/h5-9,11,13,17H,10H2,1-4H3. The Morgan fingerprint density at radius 2 is 1.89 bits per heavy atom. The van der Waals surface area contributed by atoms with E-state index in [1.165, 1.54) is 10.9 Å². The van der Waals surface area contributed by atoms with E-state index in [0.717, 1.165) is 17.8 Å². The minimum Gasteiger partial charge on any atom is -0.310 e. The number of hydrogen-bond donors (Lipinski definition) is 1. The van der Waals surface area contributed by atoms with Gasteiger partial charge in [-0.2, -0.15) is 0 Å². The molecule has 0 aliphatic heterocycles. The van der Waals surface area contributed by atoms with Crippen LogP contribution in [0.3, 0.4) is 0 Å². The predicted octanol–water partition coefficient (Wildman–Crippen LogP) is 3.68. The Labute approximate surface area is 109 Å². The maximum Gasteiger partial charge on any atom is 0.0708 e. The highest BCUT2D eigenvalue weighted by Gasteiger charge is 2.08. The highest BCUT2D eigenvalue weighted by atomic mass is 14.9. The van der Waals surface area contributed by atoms with Crippen molar-refractivity contribution in [2.24, 2.45) is 5.92 Å². The van der Waals surface area contributed by atoms with Crippen molar-refractivity contribution in [1.82, 2.24) is 10.3 Å². The summed E-state index contributed by atoms with van der Waals surface area (Å²) in [7, 11) is 0. The zero-order valence-corrected chi connectivity index (χ0v) is 11.7. The zero-order valence-electron chi connectivity index (χ0n) is 11.7. The number of nitrogens with one attached hydrogen (secondary N) is 1. The maximum absolute atomic E-state index is 4.57. The minimum atomic E-state index is 0.525. The first kappa shape index (κ1) is 13.0. The number of fused-ring (bicyclic) bond motifs is 1. The molecule has 0 spiro atoms. The molecule has 2 nitrogen and oxygen atoms in total. The number of nitrogens with zero attached hydrogens (tertiary/aromatic N) is 1. The third-order valence-corrected chi connectivity index (χ3v) is 3.54. The summed E-state index contributed by atoms with van der Waals surface area (Å²) in [4.78, 5) is 4.57. The quantitative estimate of drug-likeness (QED) is 0.884. The Balaban J connectivity index is 2.27. The molecule has 0 amide bonds. The molecular formula is C16H22N2. The van der Waals surface area contributed by atoms with Gasteiger partial charge in [-0.15, -0.1) is 0 Å². The van der Waals surface area contributed by atoms with Gasteiger partial charge in [0.05, 0.1) is 5.52 Å². The average Bonchev–Trinajstić information content (AvgIpc) is 2.35. The third-order valence-electron chi connectivity index (χ3n) is 3.54. The molecule has 1 atom stereocenters. The van der Waals surface area contributed by atoms with E-state index in [9.17, 15) is 0 Å². The van der Waals surface area contributed by atoms with Gasteiger partial charge in [0.2, 0.25) is 0 Å². The summed E-state index contributed by atoms with van der Waals surface area (Å²) in [5, 5.41) is 4.85.